The number of piperidine rings is 1. The van der Waals surface area contributed by atoms with Gasteiger partial charge in [0.2, 0.25) is 0 Å². The second-order valence-electron chi connectivity index (χ2n) is 8.35. The summed E-state index contributed by atoms with van der Waals surface area (Å²) >= 11 is 0. The molecule has 1 aliphatic heterocycles. The highest BCUT2D eigenvalue weighted by Gasteiger charge is 2.30. The molecule has 0 radical (unpaired) electrons. The number of likely N-dealkylation sites (tertiary alicyclic amines) is 1. The molecule has 1 saturated heterocycles. The monoisotopic (exact) mass is 268 g/mol. The van der Waals surface area contributed by atoms with Crippen LogP contribution in [-0.2, 0) is 0 Å². The van der Waals surface area contributed by atoms with Crippen LogP contribution >= 0.6 is 0 Å². The molecule has 0 aliphatic carbocycles. The van der Waals surface area contributed by atoms with Gasteiger partial charge in [0.15, 0.2) is 0 Å². The predicted octanol–water partition coefficient (Wildman–Crippen LogP) is 3.91. The highest BCUT2D eigenvalue weighted by molar-refractivity contribution is 4.89. The molecule has 2 unspecified atom stereocenters. The van der Waals surface area contributed by atoms with Crippen LogP contribution in [0.5, 0.6) is 0 Å². The standard InChI is InChI=1S/C17H36N2/c1-8-19-11-9-10-15(12-19)14(2)18-17(6,7)13-16(3,4)5/h14-15,18H,8-13H2,1-7H3. The SMILES string of the molecule is CCN1CCCC(C(C)NC(C)(C)CC(C)(C)C)C1. The predicted molar refractivity (Wildman–Crippen MR) is 85.6 cm³/mol. The van der Waals surface area contributed by atoms with Gasteiger partial charge in [0.1, 0.15) is 0 Å². The van der Waals surface area contributed by atoms with Crippen molar-refractivity contribution >= 4 is 0 Å². The molecule has 0 spiro atoms. The van der Waals surface area contributed by atoms with Crippen LogP contribution in [-0.4, -0.2) is 36.1 Å². The van der Waals surface area contributed by atoms with E-state index in [0.29, 0.717) is 11.5 Å². The van der Waals surface area contributed by atoms with E-state index in [-0.39, 0.29) is 5.54 Å². The average Bonchev–Trinajstić information content (AvgIpc) is 2.25. The van der Waals surface area contributed by atoms with Crippen LogP contribution in [0.25, 0.3) is 0 Å². The maximum absolute atomic E-state index is 3.90. The van der Waals surface area contributed by atoms with Gasteiger partial charge in [-0.2, -0.15) is 0 Å². The molecule has 19 heavy (non-hydrogen) atoms. The summed E-state index contributed by atoms with van der Waals surface area (Å²) in [7, 11) is 0. The van der Waals surface area contributed by atoms with Gasteiger partial charge in [0.05, 0.1) is 0 Å². The van der Waals surface area contributed by atoms with Crippen molar-refractivity contribution in [3.8, 4) is 0 Å². The Kier molecular flexibility index (Phi) is 5.88. The zero-order valence-corrected chi connectivity index (χ0v) is 14.3. The number of hydrogen-bond donors (Lipinski definition) is 1. The first-order valence-electron chi connectivity index (χ1n) is 8.13. The van der Waals surface area contributed by atoms with Gasteiger partial charge in [-0.25, -0.2) is 0 Å². The van der Waals surface area contributed by atoms with E-state index in [9.17, 15) is 0 Å². The molecule has 0 aromatic heterocycles. The normalized spacial score (nSPS) is 24.5. The van der Waals surface area contributed by atoms with Gasteiger partial charge in [-0.15, -0.1) is 0 Å². The van der Waals surface area contributed by atoms with Crippen molar-refractivity contribution < 1.29 is 0 Å². The van der Waals surface area contributed by atoms with E-state index in [0.717, 1.165) is 5.92 Å². The molecule has 0 aromatic rings. The third kappa shape index (κ3) is 6.27. The van der Waals surface area contributed by atoms with Gasteiger partial charge in [-0.1, -0.05) is 27.7 Å². The Hall–Kier alpha value is -0.0800. The van der Waals surface area contributed by atoms with Crippen LogP contribution in [0.15, 0.2) is 0 Å². The molecule has 2 nitrogen and oxygen atoms in total. The summed E-state index contributed by atoms with van der Waals surface area (Å²) in [4.78, 5) is 2.60. The third-order valence-corrected chi connectivity index (χ3v) is 4.29. The van der Waals surface area contributed by atoms with E-state index >= 15 is 0 Å². The number of hydrogen-bond acceptors (Lipinski definition) is 2. The zero-order valence-electron chi connectivity index (χ0n) is 14.3. The summed E-state index contributed by atoms with van der Waals surface area (Å²) < 4.78 is 0. The molecule has 114 valence electrons. The van der Waals surface area contributed by atoms with Crippen molar-refractivity contribution in [1.29, 1.82) is 0 Å². The Morgan fingerprint density at radius 2 is 1.84 bits per heavy atom. The van der Waals surface area contributed by atoms with Gasteiger partial charge < -0.3 is 10.2 Å². The van der Waals surface area contributed by atoms with Crippen molar-refractivity contribution in [2.24, 2.45) is 11.3 Å². The van der Waals surface area contributed by atoms with E-state index in [1.54, 1.807) is 0 Å². The van der Waals surface area contributed by atoms with Crippen LogP contribution in [0.2, 0.25) is 0 Å². The van der Waals surface area contributed by atoms with Gasteiger partial charge in [-0.05, 0) is 64.5 Å². The van der Waals surface area contributed by atoms with Crippen LogP contribution in [0.4, 0.5) is 0 Å². The Morgan fingerprint density at radius 3 is 2.37 bits per heavy atom. The fourth-order valence-electron chi connectivity index (χ4n) is 3.90. The maximum atomic E-state index is 3.90. The van der Waals surface area contributed by atoms with E-state index in [4.69, 9.17) is 0 Å². The van der Waals surface area contributed by atoms with Crippen LogP contribution in [0.3, 0.4) is 0 Å². The maximum Gasteiger partial charge on any atom is 0.0132 e. The van der Waals surface area contributed by atoms with E-state index < -0.39 is 0 Å². The van der Waals surface area contributed by atoms with Crippen molar-refractivity contribution in [2.45, 2.75) is 79.3 Å². The smallest absolute Gasteiger partial charge is 0.0132 e. The molecule has 1 rings (SSSR count). The second kappa shape index (κ2) is 6.58. The highest BCUT2D eigenvalue weighted by Crippen LogP contribution is 2.28. The molecule has 0 bridgehead atoms. The lowest BCUT2D eigenvalue weighted by Gasteiger charge is -2.41. The lowest BCUT2D eigenvalue weighted by Crippen LogP contribution is -2.52. The summed E-state index contributed by atoms with van der Waals surface area (Å²) in [5, 5.41) is 3.90. The van der Waals surface area contributed by atoms with Gasteiger partial charge in [0, 0.05) is 18.1 Å². The summed E-state index contributed by atoms with van der Waals surface area (Å²) in [6, 6.07) is 0.617. The van der Waals surface area contributed by atoms with Gasteiger partial charge in [-0.3, -0.25) is 0 Å². The third-order valence-electron chi connectivity index (χ3n) is 4.29. The van der Waals surface area contributed by atoms with E-state index in [1.165, 1.54) is 38.9 Å². The minimum Gasteiger partial charge on any atom is -0.309 e. The van der Waals surface area contributed by atoms with E-state index in [1.807, 2.05) is 0 Å². The minimum absolute atomic E-state index is 0.228. The number of nitrogens with one attached hydrogen (secondary N) is 1. The molecule has 1 aliphatic rings. The quantitative estimate of drug-likeness (QED) is 0.813. The summed E-state index contributed by atoms with van der Waals surface area (Å²) in [5.41, 5.74) is 0.615. The topological polar surface area (TPSA) is 15.3 Å². The van der Waals surface area contributed by atoms with Gasteiger partial charge in [0.25, 0.3) is 0 Å². The fourth-order valence-corrected chi connectivity index (χ4v) is 3.90. The molecule has 1 N–H and O–H groups in total. The number of rotatable bonds is 5. The minimum atomic E-state index is 0.228. The molecular weight excluding hydrogens is 232 g/mol. The second-order valence-corrected chi connectivity index (χ2v) is 8.35. The molecular formula is C17H36N2. The van der Waals surface area contributed by atoms with Gasteiger partial charge >= 0.3 is 0 Å². The largest absolute Gasteiger partial charge is 0.309 e. The Morgan fingerprint density at radius 1 is 1.21 bits per heavy atom. The van der Waals surface area contributed by atoms with Crippen molar-refractivity contribution in [3.63, 3.8) is 0 Å². The molecule has 1 fully saturated rings. The Labute approximate surface area is 121 Å². The molecule has 0 aromatic carbocycles. The first kappa shape index (κ1) is 17.0. The summed E-state index contributed by atoms with van der Waals surface area (Å²) in [6.45, 7) is 20.2. The lowest BCUT2D eigenvalue weighted by molar-refractivity contribution is 0.133. The molecule has 0 saturated carbocycles. The molecule has 2 atom stereocenters. The molecule has 0 amide bonds. The molecule has 1 heterocycles. The van der Waals surface area contributed by atoms with Crippen molar-refractivity contribution in [1.82, 2.24) is 10.2 Å². The Bertz CT molecular complexity index is 265. The Balaban J connectivity index is 2.51. The fraction of sp³-hybridized carbons (Fsp3) is 1.00. The first-order chi connectivity index (χ1) is 8.63. The summed E-state index contributed by atoms with van der Waals surface area (Å²) in [6.07, 6.45) is 3.97. The van der Waals surface area contributed by atoms with Crippen molar-refractivity contribution in [3.05, 3.63) is 0 Å². The van der Waals surface area contributed by atoms with Crippen LogP contribution < -0.4 is 5.32 Å². The first-order valence-corrected chi connectivity index (χ1v) is 8.13. The lowest BCUT2D eigenvalue weighted by atomic mass is 9.80. The van der Waals surface area contributed by atoms with E-state index in [2.05, 4.69) is 58.7 Å². The van der Waals surface area contributed by atoms with Crippen molar-refractivity contribution in [2.75, 3.05) is 19.6 Å². The molecule has 2 heteroatoms. The van der Waals surface area contributed by atoms with Crippen LogP contribution in [0, 0.1) is 11.3 Å². The summed E-state index contributed by atoms with van der Waals surface area (Å²) in [5.74, 6) is 0.813. The zero-order chi connectivity index (χ0) is 14.7. The highest BCUT2D eigenvalue weighted by atomic mass is 15.1. The van der Waals surface area contributed by atoms with Crippen LogP contribution in [0.1, 0.15) is 67.7 Å². The number of nitrogens with zero attached hydrogens (tertiary/aromatic N) is 1. The average molecular weight is 268 g/mol.